The van der Waals surface area contributed by atoms with Crippen LogP contribution in [0, 0.1) is 0 Å². The Morgan fingerprint density at radius 2 is 2.35 bits per heavy atom. The van der Waals surface area contributed by atoms with E-state index in [-0.39, 0.29) is 6.04 Å². The van der Waals surface area contributed by atoms with Gasteiger partial charge in [0.2, 0.25) is 0 Å². The molecule has 0 bridgehead atoms. The Kier molecular flexibility index (Phi) is 2.49. The normalized spacial score (nSPS) is 19.8. The van der Waals surface area contributed by atoms with Gasteiger partial charge in [-0.1, -0.05) is 0 Å². The minimum atomic E-state index is 0.256. The van der Waals surface area contributed by atoms with Gasteiger partial charge in [0.05, 0.1) is 11.9 Å². The summed E-state index contributed by atoms with van der Waals surface area (Å²) in [6.45, 7) is 1.83. The molecule has 3 rings (SSSR count). The molecule has 0 saturated carbocycles. The number of nitrogens with one attached hydrogen (secondary N) is 1. The highest BCUT2D eigenvalue weighted by molar-refractivity contribution is 5.58. The van der Waals surface area contributed by atoms with E-state index in [1.807, 2.05) is 6.07 Å². The van der Waals surface area contributed by atoms with Gasteiger partial charge in [0.1, 0.15) is 5.69 Å². The molecule has 1 atom stereocenters. The van der Waals surface area contributed by atoms with Gasteiger partial charge in [0, 0.05) is 37.6 Å². The fraction of sp³-hybridized carbons (Fsp3) is 0.364. The summed E-state index contributed by atoms with van der Waals surface area (Å²) in [6, 6.07) is 2.24. The summed E-state index contributed by atoms with van der Waals surface area (Å²) >= 11 is 0. The largest absolute Gasteiger partial charge is 0.354 e. The molecule has 1 aliphatic rings. The van der Waals surface area contributed by atoms with E-state index in [0.717, 1.165) is 36.7 Å². The topological polar surface area (TPSA) is 83.7 Å². The molecule has 17 heavy (non-hydrogen) atoms. The van der Waals surface area contributed by atoms with Gasteiger partial charge in [-0.15, -0.1) is 0 Å². The number of aromatic nitrogens is 4. The van der Waals surface area contributed by atoms with Crippen LogP contribution in [0.2, 0.25) is 0 Å². The number of H-pyrrole nitrogens is 1. The Bertz CT molecular complexity index is 494. The zero-order valence-corrected chi connectivity index (χ0v) is 9.37. The maximum atomic E-state index is 5.88. The van der Waals surface area contributed by atoms with Crippen LogP contribution in [0.25, 0.3) is 11.4 Å². The predicted octanol–water partition coefficient (Wildman–Crippen LogP) is 0.404. The van der Waals surface area contributed by atoms with Crippen LogP contribution in [0.15, 0.2) is 24.7 Å². The SMILES string of the molecule is NC1CCN(c2cc(-c3cnccn3)[nH]n2)C1. The van der Waals surface area contributed by atoms with Crippen molar-refractivity contribution < 1.29 is 0 Å². The summed E-state index contributed by atoms with van der Waals surface area (Å²) in [7, 11) is 0. The van der Waals surface area contributed by atoms with Crippen LogP contribution in [-0.4, -0.2) is 39.3 Å². The lowest BCUT2D eigenvalue weighted by molar-refractivity contribution is 0.751. The lowest BCUT2D eigenvalue weighted by atomic mass is 10.3. The second kappa shape index (κ2) is 4.14. The highest BCUT2D eigenvalue weighted by Gasteiger charge is 2.21. The van der Waals surface area contributed by atoms with Gasteiger partial charge in [-0.2, -0.15) is 5.10 Å². The lowest BCUT2D eigenvalue weighted by Gasteiger charge is -2.13. The van der Waals surface area contributed by atoms with E-state index in [1.165, 1.54) is 0 Å². The van der Waals surface area contributed by atoms with E-state index in [4.69, 9.17) is 5.73 Å². The molecule has 3 N–H and O–H groups in total. The zero-order chi connectivity index (χ0) is 11.7. The third-order valence-corrected chi connectivity index (χ3v) is 2.95. The summed E-state index contributed by atoms with van der Waals surface area (Å²) in [5.41, 5.74) is 7.56. The van der Waals surface area contributed by atoms with Gasteiger partial charge in [-0.25, -0.2) is 0 Å². The van der Waals surface area contributed by atoms with E-state index in [9.17, 15) is 0 Å². The molecule has 2 aromatic heterocycles. The highest BCUT2D eigenvalue weighted by Crippen LogP contribution is 2.22. The van der Waals surface area contributed by atoms with Gasteiger partial charge in [0.25, 0.3) is 0 Å². The number of rotatable bonds is 2. The van der Waals surface area contributed by atoms with Crippen molar-refractivity contribution in [2.75, 3.05) is 18.0 Å². The standard InChI is InChI=1S/C11H14N6/c12-8-1-4-17(7-8)11-5-9(15-16-11)10-6-13-2-3-14-10/h2-3,5-6,8H,1,4,7,12H2,(H,15,16). The third-order valence-electron chi connectivity index (χ3n) is 2.95. The van der Waals surface area contributed by atoms with Crippen LogP contribution in [-0.2, 0) is 0 Å². The predicted molar refractivity (Wildman–Crippen MR) is 64.4 cm³/mol. The molecule has 3 heterocycles. The monoisotopic (exact) mass is 230 g/mol. The van der Waals surface area contributed by atoms with Crippen molar-refractivity contribution in [3.05, 3.63) is 24.7 Å². The number of hydrogen-bond donors (Lipinski definition) is 2. The third kappa shape index (κ3) is 1.99. The van der Waals surface area contributed by atoms with Crippen molar-refractivity contribution in [1.29, 1.82) is 0 Å². The second-order valence-electron chi connectivity index (χ2n) is 4.23. The minimum Gasteiger partial charge on any atom is -0.354 e. The van der Waals surface area contributed by atoms with Crippen LogP contribution < -0.4 is 10.6 Å². The molecule has 0 spiro atoms. The van der Waals surface area contributed by atoms with Crippen molar-refractivity contribution in [1.82, 2.24) is 20.2 Å². The smallest absolute Gasteiger partial charge is 0.151 e. The summed E-state index contributed by atoms with van der Waals surface area (Å²) in [5, 5.41) is 7.27. The average molecular weight is 230 g/mol. The van der Waals surface area contributed by atoms with E-state index in [1.54, 1.807) is 18.6 Å². The number of hydrogen-bond acceptors (Lipinski definition) is 5. The lowest BCUT2D eigenvalue weighted by Crippen LogP contribution is -2.26. The first-order valence-corrected chi connectivity index (χ1v) is 5.65. The summed E-state index contributed by atoms with van der Waals surface area (Å²) in [6.07, 6.45) is 6.06. The van der Waals surface area contributed by atoms with Gasteiger partial charge < -0.3 is 10.6 Å². The van der Waals surface area contributed by atoms with Crippen molar-refractivity contribution in [2.24, 2.45) is 5.73 Å². The molecule has 1 unspecified atom stereocenters. The average Bonchev–Trinajstić information content (AvgIpc) is 2.98. The molecule has 0 radical (unpaired) electrons. The van der Waals surface area contributed by atoms with Crippen LogP contribution in [0.5, 0.6) is 0 Å². The Hall–Kier alpha value is -1.95. The molecule has 0 aromatic carbocycles. The van der Waals surface area contributed by atoms with Gasteiger partial charge in [-0.05, 0) is 6.42 Å². The Morgan fingerprint density at radius 1 is 1.41 bits per heavy atom. The van der Waals surface area contributed by atoms with E-state index in [0.29, 0.717) is 0 Å². The van der Waals surface area contributed by atoms with Crippen molar-refractivity contribution in [2.45, 2.75) is 12.5 Å². The van der Waals surface area contributed by atoms with Crippen LogP contribution in [0.4, 0.5) is 5.82 Å². The first-order valence-electron chi connectivity index (χ1n) is 5.65. The number of nitrogens with two attached hydrogens (primary N) is 1. The van der Waals surface area contributed by atoms with Crippen molar-refractivity contribution in [3.8, 4) is 11.4 Å². The maximum absolute atomic E-state index is 5.88. The summed E-state index contributed by atoms with van der Waals surface area (Å²) < 4.78 is 0. The second-order valence-corrected chi connectivity index (χ2v) is 4.23. The van der Waals surface area contributed by atoms with Gasteiger partial charge in [0.15, 0.2) is 5.82 Å². The Balaban J connectivity index is 1.84. The van der Waals surface area contributed by atoms with Crippen LogP contribution >= 0.6 is 0 Å². The van der Waals surface area contributed by atoms with E-state index >= 15 is 0 Å². The van der Waals surface area contributed by atoms with Crippen LogP contribution in [0.1, 0.15) is 6.42 Å². The van der Waals surface area contributed by atoms with Crippen LogP contribution in [0.3, 0.4) is 0 Å². The maximum Gasteiger partial charge on any atom is 0.151 e. The molecule has 88 valence electrons. The first-order chi connectivity index (χ1) is 8.33. The number of anilines is 1. The highest BCUT2D eigenvalue weighted by atomic mass is 15.3. The van der Waals surface area contributed by atoms with Crippen molar-refractivity contribution >= 4 is 5.82 Å². The zero-order valence-electron chi connectivity index (χ0n) is 9.37. The molecule has 1 saturated heterocycles. The van der Waals surface area contributed by atoms with Gasteiger partial charge in [-0.3, -0.25) is 15.1 Å². The quantitative estimate of drug-likeness (QED) is 0.780. The van der Waals surface area contributed by atoms with E-state index < -0.39 is 0 Å². The number of nitrogens with zero attached hydrogens (tertiary/aromatic N) is 4. The fourth-order valence-corrected chi connectivity index (χ4v) is 2.04. The fourth-order valence-electron chi connectivity index (χ4n) is 2.04. The Morgan fingerprint density at radius 3 is 3.06 bits per heavy atom. The molecule has 1 aliphatic heterocycles. The summed E-state index contributed by atoms with van der Waals surface area (Å²) in [5.74, 6) is 0.929. The molecule has 6 heteroatoms. The van der Waals surface area contributed by atoms with Gasteiger partial charge >= 0.3 is 0 Å². The molecule has 1 fully saturated rings. The minimum absolute atomic E-state index is 0.256. The number of aromatic amines is 1. The summed E-state index contributed by atoms with van der Waals surface area (Å²) in [4.78, 5) is 10.4. The van der Waals surface area contributed by atoms with Crippen molar-refractivity contribution in [3.63, 3.8) is 0 Å². The Labute approximate surface area is 98.9 Å². The molecule has 6 nitrogen and oxygen atoms in total. The molecule has 0 amide bonds. The molecular formula is C11H14N6. The molecule has 2 aromatic rings. The first kappa shape index (κ1) is 10.2. The van der Waals surface area contributed by atoms with E-state index in [2.05, 4.69) is 25.1 Å². The molecular weight excluding hydrogens is 216 g/mol. The molecule has 0 aliphatic carbocycles.